The normalized spacial score (nSPS) is 13.5. The quantitative estimate of drug-likeness (QED) is 0.469. The van der Waals surface area contributed by atoms with Crippen molar-refractivity contribution in [2.75, 3.05) is 19.7 Å². The van der Waals surface area contributed by atoms with Crippen LogP contribution in [0.5, 0.6) is 0 Å². The SMILES string of the molecule is CC(CCCNC(=O)OCC1c2ccccc2-c2ccccc21)C(=O)NCC(C)(C)C(=O)O. The summed E-state index contributed by atoms with van der Waals surface area (Å²) in [4.78, 5) is 35.5. The van der Waals surface area contributed by atoms with Crippen LogP contribution in [-0.2, 0) is 14.3 Å². The Balaban J connectivity index is 1.39. The van der Waals surface area contributed by atoms with E-state index in [0.717, 1.165) is 11.1 Å². The lowest BCUT2D eigenvalue weighted by Crippen LogP contribution is -2.41. The van der Waals surface area contributed by atoms with Crippen LogP contribution in [0.4, 0.5) is 4.79 Å². The zero-order valence-electron chi connectivity index (χ0n) is 19.4. The molecular formula is C26H32N2O5. The predicted octanol–water partition coefficient (Wildman–Crippen LogP) is 4.17. The van der Waals surface area contributed by atoms with E-state index in [4.69, 9.17) is 9.84 Å². The maximum atomic E-state index is 12.2. The smallest absolute Gasteiger partial charge is 0.407 e. The van der Waals surface area contributed by atoms with Crippen molar-refractivity contribution in [2.45, 2.75) is 39.5 Å². The second-order valence-corrected chi connectivity index (χ2v) is 9.20. The summed E-state index contributed by atoms with van der Waals surface area (Å²) in [5, 5.41) is 14.6. The van der Waals surface area contributed by atoms with Crippen LogP contribution in [0.25, 0.3) is 11.1 Å². The van der Waals surface area contributed by atoms with E-state index in [9.17, 15) is 14.4 Å². The maximum absolute atomic E-state index is 12.2. The first-order valence-corrected chi connectivity index (χ1v) is 11.3. The van der Waals surface area contributed by atoms with Crippen LogP contribution in [0.2, 0.25) is 0 Å². The van der Waals surface area contributed by atoms with Gasteiger partial charge in [0.1, 0.15) is 6.61 Å². The number of carboxylic acids is 1. The van der Waals surface area contributed by atoms with Crippen molar-refractivity contribution in [2.24, 2.45) is 11.3 Å². The second kappa shape index (κ2) is 10.5. The molecule has 0 fully saturated rings. The molecule has 0 spiro atoms. The van der Waals surface area contributed by atoms with Gasteiger partial charge in [-0.05, 0) is 48.9 Å². The van der Waals surface area contributed by atoms with E-state index in [2.05, 4.69) is 34.9 Å². The van der Waals surface area contributed by atoms with Crippen molar-refractivity contribution in [3.63, 3.8) is 0 Å². The maximum Gasteiger partial charge on any atom is 0.407 e. The van der Waals surface area contributed by atoms with Crippen molar-refractivity contribution in [1.82, 2.24) is 10.6 Å². The van der Waals surface area contributed by atoms with Gasteiger partial charge in [-0.3, -0.25) is 9.59 Å². The number of hydrogen-bond acceptors (Lipinski definition) is 4. The summed E-state index contributed by atoms with van der Waals surface area (Å²) in [6.45, 7) is 5.66. The molecule has 0 radical (unpaired) electrons. The average molecular weight is 453 g/mol. The van der Waals surface area contributed by atoms with Gasteiger partial charge in [-0.1, -0.05) is 55.5 Å². The van der Waals surface area contributed by atoms with Crippen LogP contribution >= 0.6 is 0 Å². The number of aliphatic carboxylic acids is 1. The van der Waals surface area contributed by atoms with E-state index in [0.29, 0.717) is 19.4 Å². The predicted molar refractivity (Wildman–Crippen MR) is 126 cm³/mol. The number of carboxylic acid groups (broad SMARTS) is 1. The molecule has 0 saturated heterocycles. The molecule has 0 bridgehead atoms. The molecule has 1 aliphatic carbocycles. The molecule has 0 aliphatic heterocycles. The molecule has 1 unspecified atom stereocenters. The van der Waals surface area contributed by atoms with Gasteiger partial charge in [-0.15, -0.1) is 0 Å². The monoisotopic (exact) mass is 452 g/mol. The molecular weight excluding hydrogens is 420 g/mol. The number of carbonyl (C=O) groups excluding carboxylic acids is 2. The summed E-state index contributed by atoms with van der Waals surface area (Å²) in [6, 6.07) is 16.4. The Hall–Kier alpha value is -3.35. The van der Waals surface area contributed by atoms with E-state index in [1.807, 2.05) is 24.3 Å². The molecule has 2 amide bonds. The third kappa shape index (κ3) is 5.92. The molecule has 3 rings (SSSR count). The van der Waals surface area contributed by atoms with E-state index in [1.165, 1.54) is 11.1 Å². The van der Waals surface area contributed by atoms with Crippen LogP contribution in [0.3, 0.4) is 0 Å². The number of fused-ring (bicyclic) bond motifs is 3. The van der Waals surface area contributed by atoms with Gasteiger partial charge >= 0.3 is 12.1 Å². The average Bonchev–Trinajstić information content (AvgIpc) is 3.12. The molecule has 2 aromatic carbocycles. The number of amides is 2. The summed E-state index contributed by atoms with van der Waals surface area (Å²) in [7, 11) is 0. The van der Waals surface area contributed by atoms with E-state index in [-0.39, 0.29) is 30.9 Å². The first kappa shape index (κ1) is 24.3. The Morgan fingerprint density at radius 3 is 2.15 bits per heavy atom. The first-order valence-electron chi connectivity index (χ1n) is 11.3. The minimum atomic E-state index is -1.01. The highest BCUT2D eigenvalue weighted by Gasteiger charge is 2.29. The van der Waals surface area contributed by atoms with Gasteiger partial charge in [-0.2, -0.15) is 0 Å². The topological polar surface area (TPSA) is 105 Å². The van der Waals surface area contributed by atoms with Gasteiger partial charge in [0, 0.05) is 24.9 Å². The first-order chi connectivity index (χ1) is 15.7. The molecule has 33 heavy (non-hydrogen) atoms. The molecule has 0 aromatic heterocycles. The van der Waals surface area contributed by atoms with Gasteiger partial charge in [0.25, 0.3) is 0 Å². The summed E-state index contributed by atoms with van der Waals surface area (Å²) in [5.74, 6) is -1.41. The van der Waals surface area contributed by atoms with Gasteiger partial charge in [-0.25, -0.2) is 4.79 Å². The molecule has 0 saturated carbocycles. The van der Waals surface area contributed by atoms with Crippen molar-refractivity contribution < 1.29 is 24.2 Å². The molecule has 0 heterocycles. The molecule has 7 heteroatoms. The highest BCUT2D eigenvalue weighted by molar-refractivity contribution is 5.80. The Bertz CT molecular complexity index is 972. The molecule has 1 atom stereocenters. The van der Waals surface area contributed by atoms with Crippen molar-refractivity contribution in [1.29, 1.82) is 0 Å². The fourth-order valence-corrected chi connectivity index (χ4v) is 3.94. The van der Waals surface area contributed by atoms with Crippen LogP contribution in [-0.4, -0.2) is 42.8 Å². The van der Waals surface area contributed by atoms with Gasteiger partial charge in [0.15, 0.2) is 0 Å². The Morgan fingerprint density at radius 2 is 1.58 bits per heavy atom. The zero-order valence-corrected chi connectivity index (χ0v) is 19.4. The van der Waals surface area contributed by atoms with Crippen LogP contribution in [0.15, 0.2) is 48.5 Å². The van der Waals surface area contributed by atoms with E-state index < -0.39 is 17.5 Å². The highest BCUT2D eigenvalue weighted by atomic mass is 16.5. The zero-order chi connectivity index (χ0) is 24.0. The number of rotatable bonds is 10. The standard InChI is InChI=1S/C26H32N2O5/c1-17(23(29)28-16-26(2,3)24(30)31)9-8-14-27-25(32)33-15-22-20-12-6-4-10-18(20)19-11-5-7-13-21(19)22/h4-7,10-13,17,22H,8-9,14-16H2,1-3H3,(H,27,32)(H,28,29)(H,30,31). The van der Waals surface area contributed by atoms with Gasteiger partial charge < -0.3 is 20.5 Å². The number of carbonyl (C=O) groups is 3. The minimum Gasteiger partial charge on any atom is -0.481 e. The van der Waals surface area contributed by atoms with Crippen LogP contribution < -0.4 is 10.6 Å². The number of alkyl carbamates (subject to hydrolysis) is 1. The highest BCUT2D eigenvalue weighted by Crippen LogP contribution is 2.44. The van der Waals surface area contributed by atoms with E-state index >= 15 is 0 Å². The van der Waals surface area contributed by atoms with Crippen molar-refractivity contribution in [3.8, 4) is 11.1 Å². The number of nitrogens with one attached hydrogen (secondary N) is 2. The van der Waals surface area contributed by atoms with Crippen molar-refractivity contribution >= 4 is 18.0 Å². The van der Waals surface area contributed by atoms with Crippen LogP contribution in [0, 0.1) is 11.3 Å². The summed E-state index contributed by atoms with van der Waals surface area (Å²) in [6.07, 6.45) is 0.710. The third-order valence-electron chi connectivity index (χ3n) is 6.16. The lowest BCUT2D eigenvalue weighted by molar-refractivity contribution is -0.146. The minimum absolute atomic E-state index is 0.0157. The number of ether oxygens (including phenoxy) is 1. The van der Waals surface area contributed by atoms with Gasteiger partial charge in [0.05, 0.1) is 5.41 Å². The summed E-state index contributed by atoms with van der Waals surface area (Å²) in [5.41, 5.74) is 3.68. The molecule has 176 valence electrons. The third-order valence-corrected chi connectivity index (χ3v) is 6.16. The molecule has 1 aliphatic rings. The van der Waals surface area contributed by atoms with E-state index in [1.54, 1.807) is 20.8 Å². The number of hydrogen-bond donors (Lipinski definition) is 3. The summed E-state index contributed by atoms with van der Waals surface area (Å²) < 4.78 is 5.51. The Morgan fingerprint density at radius 1 is 1.00 bits per heavy atom. The Labute approximate surface area is 194 Å². The fourth-order valence-electron chi connectivity index (χ4n) is 3.94. The lowest BCUT2D eigenvalue weighted by atomic mass is 9.93. The Kier molecular flexibility index (Phi) is 7.74. The van der Waals surface area contributed by atoms with Crippen LogP contribution in [0.1, 0.15) is 50.7 Å². The summed E-state index contributed by atoms with van der Waals surface area (Å²) >= 11 is 0. The number of benzene rings is 2. The molecule has 2 aromatic rings. The lowest BCUT2D eigenvalue weighted by Gasteiger charge is -2.21. The van der Waals surface area contributed by atoms with Crippen molar-refractivity contribution in [3.05, 3.63) is 59.7 Å². The largest absolute Gasteiger partial charge is 0.481 e. The fraction of sp³-hybridized carbons (Fsp3) is 0.423. The molecule has 3 N–H and O–H groups in total. The second-order valence-electron chi connectivity index (χ2n) is 9.20. The van der Waals surface area contributed by atoms with Gasteiger partial charge in [0.2, 0.25) is 5.91 Å². The molecule has 7 nitrogen and oxygen atoms in total.